The molecule has 3 rings (SSSR count). The molecule has 1 unspecified atom stereocenters. The maximum absolute atomic E-state index is 14.0. The van der Waals surface area contributed by atoms with Crippen molar-refractivity contribution < 1.29 is 13.6 Å². The van der Waals surface area contributed by atoms with Crippen LogP contribution in [0, 0.1) is 11.6 Å². The van der Waals surface area contributed by atoms with Gasteiger partial charge >= 0.3 is 0 Å². The van der Waals surface area contributed by atoms with Crippen LogP contribution in [0.5, 0.6) is 0 Å². The largest absolute Gasteiger partial charge is 0.365 e. The number of hydrogen-bond donors (Lipinski definition) is 3. The number of hydrogen-bond acceptors (Lipinski definition) is 3. The van der Waals surface area contributed by atoms with Gasteiger partial charge in [0.05, 0.1) is 0 Å². The molecule has 1 atom stereocenters. The summed E-state index contributed by atoms with van der Waals surface area (Å²) in [6.07, 6.45) is 5.65. The van der Waals surface area contributed by atoms with Crippen LogP contribution in [-0.4, -0.2) is 50.6 Å². The fraction of sp³-hybridized carbons (Fsp3) is 0.600. The molecular formula is C20H30F2IN5O. The number of rotatable bonds is 6. The van der Waals surface area contributed by atoms with Gasteiger partial charge in [-0.3, -0.25) is 9.79 Å². The minimum absolute atomic E-state index is 0. The molecule has 2 fully saturated rings. The predicted octanol–water partition coefficient (Wildman–Crippen LogP) is 2.78. The Hall–Kier alpha value is -1.65. The molecule has 1 aromatic rings. The molecule has 0 bridgehead atoms. The fourth-order valence-corrected chi connectivity index (χ4v) is 3.92. The highest BCUT2D eigenvalue weighted by Crippen LogP contribution is 2.26. The van der Waals surface area contributed by atoms with E-state index in [9.17, 15) is 13.6 Å². The summed E-state index contributed by atoms with van der Waals surface area (Å²) in [6.45, 7) is 1.54. The van der Waals surface area contributed by atoms with Crippen LogP contribution >= 0.6 is 24.0 Å². The van der Waals surface area contributed by atoms with E-state index >= 15 is 0 Å². The van der Waals surface area contributed by atoms with Gasteiger partial charge in [0.1, 0.15) is 17.3 Å². The van der Waals surface area contributed by atoms with Crippen LogP contribution in [0.3, 0.4) is 0 Å². The Morgan fingerprint density at radius 1 is 1.14 bits per heavy atom. The van der Waals surface area contributed by atoms with Gasteiger partial charge in [-0.2, -0.15) is 0 Å². The van der Waals surface area contributed by atoms with Crippen LogP contribution in [0.15, 0.2) is 23.2 Å². The zero-order chi connectivity index (χ0) is 19.9. The number of halogens is 3. The van der Waals surface area contributed by atoms with Gasteiger partial charge < -0.3 is 20.9 Å². The molecule has 6 nitrogen and oxygen atoms in total. The Morgan fingerprint density at radius 2 is 1.83 bits per heavy atom. The van der Waals surface area contributed by atoms with Gasteiger partial charge in [-0.1, -0.05) is 18.9 Å². The number of carbonyl (C=O) groups excluding carboxylic acids is 1. The zero-order valence-corrected chi connectivity index (χ0v) is 19.0. The van der Waals surface area contributed by atoms with Crippen LogP contribution in [0.2, 0.25) is 0 Å². The second-order valence-electron chi connectivity index (χ2n) is 7.44. The topological polar surface area (TPSA) is 68.8 Å². The average molecular weight is 521 g/mol. The molecule has 2 aliphatic rings. The smallest absolute Gasteiger partial charge is 0.221 e. The van der Waals surface area contributed by atoms with Gasteiger partial charge in [-0.05, 0) is 31.4 Å². The summed E-state index contributed by atoms with van der Waals surface area (Å²) < 4.78 is 27.9. The lowest BCUT2D eigenvalue weighted by molar-refractivity contribution is -0.121. The first-order valence-corrected chi connectivity index (χ1v) is 10.0. The Morgan fingerprint density at radius 3 is 2.48 bits per heavy atom. The minimum Gasteiger partial charge on any atom is -0.365 e. The molecule has 0 radical (unpaired) electrons. The van der Waals surface area contributed by atoms with Gasteiger partial charge in [0.15, 0.2) is 5.96 Å². The zero-order valence-electron chi connectivity index (χ0n) is 16.7. The van der Waals surface area contributed by atoms with E-state index in [0.717, 1.165) is 19.3 Å². The van der Waals surface area contributed by atoms with Crippen LogP contribution in [0.25, 0.3) is 0 Å². The van der Waals surface area contributed by atoms with E-state index in [0.29, 0.717) is 38.1 Å². The molecule has 9 heteroatoms. The van der Waals surface area contributed by atoms with E-state index in [4.69, 9.17) is 0 Å². The monoisotopic (exact) mass is 521 g/mol. The predicted molar refractivity (Wildman–Crippen MR) is 122 cm³/mol. The van der Waals surface area contributed by atoms with E-state index < -0.39 is 11.6 Å². The third-order valence-electron chi connectivity index (χ3n) is 5.37. The van der Waals surface area contributed by atoms with Crippen LogP contribution in [0.4, 0.5) is 14.5 Å². The van der Waals surface area contributed by atoms with Crippen LogP contribution in [0.1, 0.15) is 38.5 Å². The van der Waals surface area contributed by atoms with E-state index in [-0.39, 0.29) is 41.6 Å². The molecule has 3 N–H and O–H groups in total. The number of aliphatic imine (C=N–C) groups is 1. The summed E-state index contributed by atoms with van der Waals surface area (Å²) in [7, 11) is 1.66. The Kier molecular flexibility index (Phi) is 9.38. The maximum atomic E-state index is 14.0. The van der Waals surface area contributed by atoms with Crippen molar-refractivity contribution in [3.05, 3.63) is 29.8 Å². The molecule has 29 heavy (non-hydrogen) atoms. The highest BCUT2D eigenvalue weighted by Gasteiger charge is 2.27. The molecule has 1 aromatic carbocycles. The molecule has 1 amide bonds. The normalized spacial score (nSPS) is 19.8. The Bertz CT molecular complexity index is 692. The van der Waals surface area contributed by atoms with E-state index in [1.54, 1.807) is 11.9 Å². The first-order valence-electron chi connectivity index (χ1n) is 10.0. The third kappa shape index (κ3) is 6.68. The van der Waals surface area contributed by atoms with Crippen LogP contribution < -0.4 is 20.9 Å². The van der Waals surface area contributed by atoms with Crippen LogP contribution in [-0.2, 0) is 4.79 Å². The molecule has 0 aromatic heterocycles. The number of benzene rings is 1. The number of anilines is 1. The lowest BCUT2D eigenvalue weighted by Gasteiger charge is -2.21. The summed E-state index contributed by atoms with van der Waals surface area (Å²) in [4.78, 5) is 17.9. The van der Waals surface area contributed by atoms with Crippen molar-refractivity contribution in [1.82, 2.24) is 16.0 Å². The average Bonchev–Trinajstić information content (AvgIpc) is 3.33. The Labute approximate surface area is 187 Å². The molecule has 1 saturated heterocycles. The summed E-state index contributed by atoms with van der Waals surface area (Å²) in [5.41, 5.74) is 0.0262. The van der Waals surface area contributed by atoms with Gasteiger partial charge in [0.25, 0.3) is 0 Å². The highest BCUT2D eigenvalue weighted by atomic mass is 127. The summed E-state index contributed by atoms with van der Waals surface area (Å²) in [6, 6.07) is 4.27. The minimum atomic E-state index is -0.545. The van der Waals surface area contributed by atoms with E-state index in [1.165, 1.54) is 31.0 Å². The number of para-hydroxylation sites is 1. The first-order chi connectivity index (χ1) is 13.6. The number of carbonyl (C=O) groups is 1. The number of amides is 1. The maximum Gasteiger partial charge on any atom is 0.221 e. The van der Waals surface area contributed by atoms with Crippen molar-refractivity contribution in [3.8, 4) is 0 Å². The Balaban J connectivity index is 0.00000300. The summed E-state index contributed by atoms with van der Waals surface area (Å²) in [5, 5.41) is 9.47. The quantitative estimate of drug-likeness (QED) is 0.306. The van der Waals surface area contributed by atoms with Gasteiger partial charge in [-0.15, -0.1) is 24.0 Å². The second kappa shape index (κ2) is 11.5. The first kappa shape index (κ1) is 23.6. The van der Waals surface area contributed by atoms with Crippen molar-refractivity contribution >= 4 is 41.5 Å². The van der Waals surface area contributed by atoms with Gasteiger partial charge in [0.2, 0.25) is 5.91 Å². The molecule has 1 aliphatic carbocycles. The van der Waals surface area contributed by atoms with E-state index in [1.807, 2.05) is 0 Å². The summed E-state index contributed by atoms with van der Waals surface area (Å²) in [5.74, 6) is -0.445. The lowest BCUT2D eigenvalue weighted by atomic mass is 10.2. The van der Waals surface area contributed by atoms with Crippen molar-refractivity contribution in [2.75, 3.05) is 31.6 Å². The molecule has 1 heterocycles. The second-order valence-corrected chi connectivity index (χ2v) is 7.44. The number of guanidine groups is 1. The van der Waals surface area contributed by atoms with Gasteiger partial charge in [0, 0.05) is 45.2 Å². The fourth-order valence-electron chi connectivity index (χ4n) is 3.92. The van der Waals surface area contributed by atoms with Crippen molar-refractivity contribution in [2.24, 2.45) is 4.99 Å². The number of nitrogens with one attached hydrogen (secondary N) is 3. The SMILES string of the molecule is CN=C(NCCC(=O)NC1CCCC1)NC1CCN(c2c(F)cccc2F)C1.I. The molecule has 162 valence electrons. The van der Waals surface area contributed by atoms with Crippen molar-refractivity contribution in [3.63, 3.8) is 0 Å². The number of nitrogens with zero attached hydrogens (tertiary/aromatic N) is 2. The third-order valence-corrected chi connectivity index (χ3v) is 5.37. The lowest BCUT2D eigenvalue weighted by Crippen LogP contribution is -2.45. The standard InChI is InChI=1S/C20H29F2N5O.HI/c1-23-20(24-11-9-18(28)25-14-5-2-3-6-14)26-15-10-12-27(13-15)19-16(21)7-4-8-17(19)22;/h4,7-8,14-15H,2-3,5-6,9-13H2,1H3,(H,25,28)(H2,23,24,26);1H. The van der Waals surface area contributed by atoms with Gasteiger partial charge in [-0.25, -0.2) is 8.78 Å². The van der Waals surface area contributed by atoms with Crippen molar-refractivity contribution in [2.45, 2.75) is 50.6 Å². The molecular weight excluding hydrogens is 491 g/mol. The molecule has 1 aliphatic heterocycles. The van der Waals surface area contributed by atoms with Crippen molar-refractivity contribution in [1.29, 1.82) is 0 Å². The molecule has 1 saturated carbocycles. The highest BCUT2D eigenvalue weighted by molar-refractivity contribution is 14.0. The van der Waals surface area contributed by atoms with E-state index in [2.05, 4.69) is 20.9 Å². The summed E-state index contributed by atoms with van der Waals surface area (Å²) >= 11 is 0. The molecule has 0 spiro atoms.